The third-order valence-corrected chi connectivity index (χ3v) is 1.99. The maximum absolute atomic E-state index is 5.58. The first kappa shape index (κ1) is 5.91. The first-order valence-corrected chi connectivity index (χ1v) is 3.36. The molecule has 0 bridgehead atoms. The van der Waals surface area contributed by atoms with Gasteiger partial charge in [0.05, 0.1) is 0 Å². The summed E-state index contributed by atoms with van der Waals surface area (Å²) in [4.78, 5) is 3.96. The Bertz CT molecular complexity index is 129. The van der Waals surface area contributed by atoms with Gasteiger partial charge in [-0.3, -0.25) is 0 Å². The maximum Gasteiger partial charge on any atom is 0.155 e. The van der Waals surface area contributed by atoms with Crippen LogP contribution in [0.25, 0.3) is 0 Å². The minimum Gasteiger partial charge on any atom is -0.378 e. The molecule has 0 amide bonds. The van der Waals surface area contributed by atoms with Crippen LogP contribution >= 0.6 is 11.8 Å². The Hall–Kier alpha value is -0.220. The van der Waals surface area contributed by atoms with Gasteiger partial charge in [0, 0.05) is 5.75 Å². The molecule has 4 N–H and O–H groups in total. The Balaban J connectivity index is 2.67. The van der Waals surface area contributed by atoms with Crippen LogP contribution in [-0.4, -0.2) is 16.6 Å². The number of aliphatic imine (C=N–C) groups is 1. The van der Waals surface area contributed by atoms with E-state index in [1.165, 1.54) is 11.8 Å². The Morgan fingerprint density at radius 3 is 2.62 bits per heavy atom. The second-order valence-electron chi connectivity index (χ2n) is 2.10. The van der Waals surface area contributed by atoms with Gasteiger partial charge in [-0.25, -0.2) is 4.99 Å². The zero-order valence-corrected chi connectivity index (χ0v) is 5.53. The molecular formula is C4H9N3S. The molecule has 0 aromatic rings. The van der Waals surface area contributed by atoms with Crippen molar-refractivity contribution < 1.29 is 0 Å². The summed E-state index contributed by atoms with van der Waals surface area (Å²) in [6, 6.07) is 0. The standard InChI is InChI=1S/C4H9N3S/c1-4(6)2-8-3(5)7-4/h2,6H2,1H3,(H2,5,7). The van der Waals surface area contributed by atoms with Gasteiger partial charge in [0.25, 0.3) is 0 Å². The summed E-state index contributed by atoms with van der Waals surface area (Å²) >= 11 is 1.51. The van der Waals surface area contributed by atoms with Crippen molar-refractivity contribution in [1.29, 1.82) is 0 Å². The highest BCUT2D eigenvalue weighted by Gasteiger charge is 2.23. The van der Waals surface area contributed by atoms with E-state index in [0.29, 0.717) is 5.17 Å². The van der Waals surface area contributed by atoms with Crippen molar-refractivity contribution >= 4 is 16.9 Å². The summed E-state index contributed by atoms with van der Waals surface area (Å²) in [5.41, 5.74) is 10.5. The minimum atomic E-state index is -0.408. The van der Waals surface area contributed by atoms with Crippen LogP contribution in [0.4, 0.5) is 0 Å². The molecule has 0 aliphatic carbocycles. The number of nitrogens with zero attached hydrogens (tertiary/aromatic N) is 1. The van der Waals surface area contributed by atoms with E-state index in [1.54, 1.807) is 0 Å². The Labute approximate surface area is 52.5 Å². The molecule has 1 aliphatic rings. The molecule has 1 aliphatic heterocycles. The molecule has 46 valence electrons. The zero-order valence-electron chi connectivity index (χ0n) is 4.72. The van der Waals surface area contributed by atoms with E-state index < -0.39 is 5.66 Å². The largest absolute Gasteiger partial charge is 0.378 e. The third kappa shape index (κ3) is 1.14. The number of rotatable bonds is 0. The number of hydrogen-bond acceptors (Lipinski definition) is 4. The quantitative estimate of drug-likeness (QED) is 0.475. The smallest absolute Gasteiger partial charge is 0.155 e. The topological polar surface area (TPSA) is 64.4 Å². The third-order valence-electron chi connectivity index (χ3n) is 0.878. The van der Waals surface area contributed by atoms with Gasteiger partial charge in [0.1, 0.15) is 5.66 Å². The summed E-state index contributed by atoms with van der Waals surface area (Å²) in [5, 5.41) is 0.606. The van der Waals surface area contributed by atoms with Gasteiger partial charge in [-0.2, -0.15) is 0 Å². The van der Waals surface area contributed by atoms with Crippen LogP contribution in [0.2, 0.25) is 0 Å². The fourth-order valence-electron chi connectivity index (χ4n) is 0.536. The second kappa shape index (κ2) is 1.63. The van der Waals surface area contributed by atoms with Crippen molar-refractivity contribution in [1.82, 2.24) is 0 Å². The Kier molecular flexibility index (Phi) is 1.21. The molecule has 1 unspecified atom stereocenters. The average Bonchev–Trinajstić information content (AvgIpc) is 1.82. The van der Waals surface area contributed by atoms with Crippen molar-refractivity contribution in [2.45, 2.75) is 12.6 Å². The van der Waals surface area contributed by atoms with Crippen molar-refractivity contribution in [3.05, 3.63) is 0 Å². The van der Waals surface area contributed by atoms with Gasteiger partial charge in [0.15, 0.2) is 5.17 Å². The lowest BCUT2D eigenvalue weighted by atomic mass is 10.3. The molecule has 1 atom stereocenters. The molecule has 0 saturated heterocycles. The van der Waals surface area contributed by atoms with E-state index >= 15 is 0 Å². The zero-order chi connectivity index (χ0) is 6.20. The summed E-state index contributed by atoms with van der Waals surface area (Å²) < 4.78 is 0. The van der Waals surface area contributed by atoms with Crippen LogP contribution in [0.3, 0.4) is 0 Å². The van der Waals surface area contributed by atoms with Crippen LogP contribution in [0.1, 0.15) is 6.92 Å². The molecule has 0 spiro atoms. The first-order chi connectivity index (χ1) is 3.60. The molecule has 0 aromatic carbocycles. The molecule has 0 saturated carbocycles. The van der Waals surface area contributed by atoms with Crippen LogP contribution in [0.5, 0.6) is 0 Å². The molecule has 0 fully saturated rings. The van der Waals surface area contributed by atoms with Crippen molar-refractivity contribution in [2.75, 3.05) is 5.75 Å². The highest BCUT2D eigenvalue weighted by Crippen LogP contribution is 2.19. The van der Waals surface area contributed by atoms with E-state index in [9.17, 15) is 0 Å². The van der Waals surface area contributed by atoms with Crippen molar-refractivity contribution in [3.8, 4) is 0 Å². The Morgan fingerprint density at radius 2 is 2.50 bits per heavy atom. The maximum atomic E-state index is 5.58. The fraction of sp³-hybridized carbons (Fsp3) is 0.750. The lowest BCUT2D eigenvalue weighted by Gasteiger charge is -2.09. The lowest BCUT2D eigenvalue weighted by Crippen LogP contribution is -2.33. The molecule has 3 nitrogen and oxygen atoms in total. The first-order valence-electron chi connectivity index (χ1n) is 2.37. The van der Waals surface area contributed by atoms with E-state index in [2.05, 4.69) is 4.99 Å². The normalized spacial score (nSPS) is 37.5. The summed E-state index contributed by atoms with van der Waals surface area (Å²) in [6.45, 7) is 1.86. The number of hydrogen-bond donors (Lipinski definition) is 2. The van der Waals surface area contributed by atoms with Crippen LogP contribution in [0, 0.1) is 0 Å². The lowest BCUT2D eigenvalue weighted by molar-refractivity contribution is 0.570. The molecule has 0 radical (unpaired) electrons. The predicted octanol–water partition coefficient (Wildman–Crippen LogP) is -0.277. The van der Waals surface area contributed by atoms with E-state index in [-0.39, 0.29) is 0 Å². The van der Waals surface area contributed by atoms with Crippen LogP contribution < -0.4 is 11.5 Å². The molecule has 0 aromatic heterocycles. The average molecular weight is 131 g/mol. The highest BCUT2D eigenvalue weighted by molar-refractivity contribution is 8.14. The van der Waals surface area contributed by atoms with E-state index in [0.717, 1.165) is 5.75 Å². The van der Waals surface area contributed by atoms with Crippen LogP contribution in [-0.2, 0) is 0 Å². The SMILES string of the molecule is CC1(N)CSC(N)=N1. The monoisotopic (exact) mass is 131 g/mol. The van der Waals surface area contributed by atoms with Crippen molar-refractivity contribution in [2.24, 2.45) is 16.5 Å². The van der Waals surface area contributed by atoms with E-state index in [4.69, 9.17) is 11.5 Å². The Morgan fingerprint density at radius 1 is 1.88 bits per heavy atom. The van der Waals surface area contributed by atoms with Gasteiger partial charge < -0.3 is 11.5 Å². The van der Waals surface area contributed by atoms with Gasteiger partial charge >= 0.3 is 0 Å². The molecule has 4 heteroatoms. The molecule has 1 heterocycles. The number of thioether (sulfide) groups is 1. The van der Waals surface area contributed by atoms with Gasteiger partial charge in [-0.15, -0.1) is 0 Å². The number of nitrogens with two attached hydrogens (primary N) is 2. The summed E-state index contributed by atoms with van der Waals surface area (Å²) in [7, 11) is 0. The fourth-order valence-corrected chi connectivity index (χ4v) is 1.31. The number of amidine groups is 1. The second-order valence-corrected chi connectivity index (χ2v) is 3.09. The molecule has 1 rings (SSSR count). The van der Waals surface area contributed by atoms with Crippen molar-refractivity contribution in [3.63, 3.8) is 0 Å². The minimum absolute atomic E-state index is 0.408. The summed E-state index contributed by atoms with van der Waals surface area (Å²) in [5.74, 6) is 0.804. The highest BCUT2D eigenvalue weighted by atomic mass is 32.2. The van der Waals surface area contributed by atoms with Gasteiger partial charge in [0.2, 0.25) is 0 Å². The summed E-state index contributed by atoms with van der Waals surface area (Å²) in [6.07, 6.45) is 0. The van der Waals surface area contributed by atoms with Gasteiger partial charge in [-0.1, -0.05) is 11.8 Å². The predicted molar refractivity (Wildman–Crippen MR) is 36.7 cm³/mol. The van der Waals surface area contributed by atoms with Gasteiger partial charge in [-0.05, 0) is 6.92 Å². The van der Waals surface area contributed by atoms with E-state index in [1.807, 2.05) is 6.92 Å². The van der Waals surface area contributed by atoms with Crippen LogP contribution in [0.15, 0.2) is 4.99 Å². The molecular weight excluding hydrogens is 122 g/mol. The molecule has 8 heavy (non-hydrogen) atoms.